The Labute approximate surface area is 168 Å². The average molecular weight is 410 g/mol. The van der Waals surface area contributed by atoms with Gasteiger partial charge >= 0.3 is 11.8 Å². The summed E-state index contributed by atoms with van der Waals surface area (Å²) in [6.45, 7) is 4.78. The zero-order chi connectivity index (χ0) is 20.9. The summed E-state index contributed by atoms with van der Waals surface area (Å²) in [5.74, 6) is -1.38. The highest BCUT2D eigenvalue weighted by Crippen LogP contribution is 2.19. The number of nitrogens with one attached hydrogen (secondary N) is 1. The fraction of sp³-hybridized carbons (Fsp3) is 0.600. The molecule has 0 aromatic heterocycles. The van der Waals surface area contributed by atoms with Crippen LogP contribution in [-0.4, -0.2) is 74.8 Å². The number of nitrogens with zero attached hydrogens (tertiary/aromatic N) is 2. The lowest BCUT2D eigenvalue weighted by atomic mass is 10.0. The Morgan fingerprint density at radius 3 is 2.32 bits per heavy atom. The van der Waals surface area contributed by atoms with Gasteiger partial charge in [0.05, 0.1) is 17.5 Å². The Bertz CT molecular complexity index is 790. The van der Waals surface area contributed by atoms with Crippen LogP contribution in [0.5, 0.6) is 0 Å². The second-order valence-corrected chi connectivity index (χ2v) is 9.88. The Morgan fingerprint density at radius 2 is 1.82 bits per heavy atom. The Hall–Kier alpha value is -1.93. The molecule has 8 heteroatoms. The van der Waals surface area contributed by atoms with E-state index in [1.807, 2.05) is 50.2 Å². The first-order valence-electron chi connectivity index (χ1n) is 9.68. The summed E-state index contributed by atoms with van der Waals surface area (Å²) in [7, 11) is 0.592. The van der Waals surface area contributed by atoms with Gasteiger partial charge < -0.3 is 15.1 Å². The molecular weight excluding hydrogens is 378 g/mol. The zero-order valence-electron chi connectivity index (χ0n) is 17.1. The smallest absolute Gasteiger partial charge is 0.312 e. The van der Waals surface area contributed by atoms with Gasteiger partial charge in [0.1, 0.15) is 0 Å². The van der Waals surface area contributed by atoms with Crippen LogP contribution in [0, 0.1) is 0 Å². The fourth-order valence-corrected chi connectivity index (χ4v) is 5.02. The van der Waals surface area contributed by atoms with Gasteiger partial charge in [0, 0.05) is 19.1 Å². The SMILES string of the molecule is CCc1ccc(C(C)NC(=O)C(=O)N(CCN(C)C)C2CCS(=O)(=O)C2)cc1. The van der Waals surface area contributed by atoms with Crippen LogP contribution in [0.3, 0.4) is 0 Å². The highest BCUT2D eigenvalue weighted by Gasteiger charge is 2.36. The van der Waals surface area contributed by atoms with Gasteiger partial charge in [0.15, 0.2) is 9.84 Å². The molecule has 28 heavy (non-hydrogen) atoms. The highest BCUT2D eigenvalue weighted by molar-refractivity contribution is 7.91. The number of amides is 2. The highest BCUT2D eigenvalue weighted by atomic mass is 32.2. The van der Waals surface area contributed by atoms with E-state index < -0.39 is 27.7 Å². The fourth-order valence-electron chi connectivity index (χ4n) is 3.29. The number of likely N-dealkylation sites (N-methyl/N-ethyl adjacent to an activating group) is 1. The summed E-state index contributed by atoms with van der Waals surface area (Å²) in [6.07, 6.45) is 1.31. The minimum absolute atomic E-state index is 0.0607. The van der Waals surface area contributed by atoms with Gasteiger partial charge in [-0.1, -0.05) is 31.2 Å². The maximum absolute atomic E-state index is 12.8. The van der Waals surface area contributed by atoms with E-state index in [9.17, 15) is 18.0 Å². The summed E-state index contributed by atoms with van der Waals surface area (Å²) in [4.78, 5) is 28.7. The Morgan fingerprint density at radius 1 is 1.18 bits per heavy atom. The van der Waals surface area contributed by atoms with Crippen molar-refractivity contribution in [1.29, 1.82) is 0 Å². The van der Waals surface area contributed by atoms with Gasteiger partial charge in [0.25, 0.3) is 0 Å². The first-order valence-corrected chi connectivity index (χ1v) is 11.5. The van der Waals surface area contributed by atoms with Crippen LogP contribution in [0.15, 0.2) is 24.3 Å². The normalized spacial score (nSPS) is 19.4. The quantitative estimate of drug-likeness (QED) is 0.679. The second-order valence-electron chi connectivity index (χ2n) is 7.65. The van der Waals surface area contributed by atoms with E-state index in [2.05, 4.69) is 12.2 Å². The molecule has 1 saturated heterocycles. The lowest BCUT2D eigenvalue weighted by molar-refractivity contribution is -0.147. The summed E-state index contributed by atoms with van der Waals surface area (Å²) < 4.78 is 23.7. The minimum atomic E-state index is -3.15. The van der Waals surface area contributed by atoms with Gasteiger partial charge in [-0.25, -0.2) is 8.42 Å². The molecule has 156 valence electrons. The first kappa shape index (κ1) is 22.4. The predicted molar refractivity (Wildman–Crippen MR) is 110 cm³/mol. The van der Waals surface area contributed by atoms with Crippen molar-refractivity contribution >= 4 is 21.7 Å². The van der Waals surface area contributed by atoms with Gasteiger partial charge in [0.2, 0.25) is 0 Å². The summed E-state index contributed by atoms with van der Waals surface area (Å²) in [5.41, 5.74) is 2.12. The molecule has 2 unspecified atom stereocenters. The molecule has 1 aliphatic rings. The topological polar surface area (TPSA) is 86.8 Å². The second kappa shape index (κ2) is 9.52. The van der Waals surface area contributed by atoms with Gasteiger partial charge in [-0.2, -0.15) is 0 Å². The van der Waals surface area contributed by atoms with Crippen LogP contribution in [0.25, 0.3) is 0 Å². The number of hydrogen-bond donors (Lipinski definition) is 1. The van der Waals surface area contributed by atoms with E-state index in [0.717, 1.165) is 12.0 Å². The molecule has 0 spiro atoms. The van der Waals surface area contributed by atoms with Crippen molar-refractivity contribution < 1.29 is 18.0 Å². The van der Waals surface area contributed by atoms with E-state index in [4.69, 9.17) is 0 Å². The standard InChI is InChI=1S/C20H31N3O4S/c1-5-16-6-8-17(9-7-16)15(2)21-19(24)20(25)23(12-11-22(3)4)18-10-13-28(26,27)14-18/h6-9,15,18H,5,10-14H2,1-4H3,(H,21,24). The van der Waals surface area contributed by atoms with Crippen molar-refractivity contribution in [1.82, 2.24) is 15.1 Å². The summed E-state index contributed by atoms with van der Waals surface area (Å²) in [5, 5.41) is 2.75. The molecule has 0 aliphatic carbocycles. The van der Waals surface area contributed by atoms with Crippen molar-refractivity contribution in [2.45, 2.75) is 38.8 Å². The van der Waals surface area contributed by atoms with Crippen LogP contribution < -0.4 is 5.32 Å². The molecule has 2 rings (SSSR count). The number of benzene rings is 1. The zero-order valence-corrected chi connectivity index (χ0v) is 18.0. The summed E-state index contributed by atoms with van der Waals surface area (Å²) >= 11 is 0. The van der Waals surface area contributed by atoms with E-state index in [1.165, 1.54) is 10.5 Å². The van der Waals surface area contributed by atoms with E-state index in [-0.39, 0.29) is 17.5 Å². The number of rotatable bonds is 7. The van der Waals surface area contributed by atoms with Crippen molar-refractivity contribution in [2.24, 2.45) is 0 Å². The third-order valence-electron chi connectivity index (χ3n) is 5.13. The average Bonchev–Trinajstić information content (AvgIpc) is 3.01. The Kier molecular flexibility index (Phi) is 7.60. The molecule has 1 aromatic rings. The van der Waals surface area contributed by atoms with Gasteiger partial charge in [-0.05, 0) is 45.0 Å². The maximum Gasteiger partial charge on any atom is 0.312 e. The monoisotopic (exact) mass is 409 g/mol. The lowest BCUT2D eigenvalue weighted by Crippen LogP contribution is -2.50. The third-order valence-corrected chi connectivity index (χ3v) is 6.88. The molecule has 2 amide bonds. The molecule has 0 saturated carbocycles. The van der Waals surface area contributed by atoms with Crippen LogP contribution in [-0.2, 0) is 25.8 Å². The number of carbonyl (C=O) groups excluding carboxylic acids is 2. The molecule has 1 aliphatic heterocycles. The molecule has 2 atom stereocenters. The Balaban J connectivity index is 2.07. The van der Waals surface area contributed by atoms with Crippen LogP contribution >= 0.6 is 0 Å². The molecule has 7 nitrogen and oxygen atoms in total. The van der Waals surface area contributed by atoms with Crippen LogP contribution in [0.1, 0.15) is 37.4 Å². The van der Waals surface area contributed by atoms with Gasteiger partial charge in [-0.15, -0.1) is 0 Å². The predicted octanol–water partition coefficient (Wildman–Crippen LogP) is 1.00. The number of sulfone groups is 1. The molecule has 1 aromatic carbocycles. The van der Waals surface area contributed by atoms with Crippen molar-refractivity contribution in [3.05, 3.63) is 35.4 Å². The molecule has 1 N–H and O–H groups in total. The van der Waals surface area contributed by atoms with Crippen molar-refractivity contribution in [3.63, 3.8) is 0 Å². The van der Waals surface area contributed by atoms with Crippen molar-refractivity contribution in [2.75, 3.05) is 38.7 Å². The van der Waals surface area contributed by atoms with Gasteiger partial charge in [-0.3, -0.25) is 9.59 Å². The maximum atomic E-state index is 12.8. The third kappa shape index (κ3) is 6.04. The van der Waals surface area contributed by atoms with Crippen molar-refractivity contribution in [3.8, 4) is 0 Å². The van der Waals surface area contributed by atoms with E-state index in [1.54, 1.807) is 0 Å². The van der Waals surface area contributed by atoms with E-state index >= 15 is 0 Å². The molecular formula is C20H31N3O4S. The molecule has 0 bridgehead atoms. The van der Waals surface area contributed by atoms with Crippen LogP contribution in [0.2, 0.25) is 0 Å². The first-order chi connectivity index (χ1) is 13.1. The number of aryl methyl sites for hydroxylation is 1. The lowest BCUT2D eigenvalue weighted by Gasteiger charge is -2.29. The molecule has 0 radical (unpaired) electrons. The van der Waals surface area contributed by atoms with Crippen LogP contribution in [0.4, 0.5) is 0 Å². The molecule has 1 heterocycles. The molecule has 1 fully saturated rings. The largest absolute Gasteiger partial charge is 0.341 e. The number of hydrogen-bond acceptors (Lipinski definition) is 5. The summed E-state index contributed by atoms with van der Waals surface area (Å²) in [6, 6.07) is 7.15. The van der Waals surface area contributed by atoms with E-state index in [0.29, 0.717) is 19.5 Å². The number of carbonyl (C=O) groups is 2. The minimum Gasteiger partial charge on any atom is -0.341 e.